The van der Waals surface area contributed by atoms with Crippen molar-refractivity contribution in [3.63, 3.8) is 0 Å². The summed E-state index contributed by atoms with van der Waals surface area (Å²) in [6.07, 6.45) is 0. The van der Waals surface area contributed by atoms with E-state index in [1.165, 1.54) is 16.7 Å². The summed E-state index contributed by atoms with van der Waals surface area (Å²) in [6.45, 7) is 4.49. The second kappa shape index (κ2) is 2.47. The van der Waals surface area contributed by atoms with Crippen molar-refractivity contribution < 1.29 is 0 Å². The molecule has 0 fully saturated rings. The van der Waals surface area contributed by atoms with E-state index < -0.39 is 0 Å². The van der Waals surface area contributed by atoms with Crippen LogP contribution in [-0.4, -0.2) is 0 Å². The van der Waals surface area contributed by atoms with Gasteiger partial charge in [0.1, 0.15) is 0 Å². The first-order valence-corrected chi connectivity index (χ1v) is 5.22. The quantitative estimate of drug-likeness (QED) is 0.532. The third-order valence-electron chi connectivity index (χ3n) is 2.25. The van der Waals surface area contributed by atoms with Crippen LogP contribution in [0.1, 0.15) is 40.4 Å². The highest BCUT2D eigenvalue weighted by molar-refractivity contribution is 14.1. The van der Waals surface area contributed by atoms with Gasteiger partial charge in [-0.2, -0.15) is 0 Å². The zero-order valence-electron chi connectivity index (χ0n) is 6.76. The van der Waals surface area contributed by atoms with Crippen LogP contribution in [0.5, 0.6) is 0 Å². The SMILES string of the molecule is CC(C)c1cc2cc(c1)C2I. The summed E-state index contributed by atoms with van der Waals surface area (Å²) in [6, 6.07) is 6.94. The van der Waals surface area contributed by atoms with E-state index in [0.29, 0.717) is 9.84 Å². The highest BCUT2D eigenvalue weighted by atomic mass is 127. The molecule has 11 heavy (non-hydrogen) atoms. The molecule has 3 rings (SSSR count). The van der Waals surface area contributed by atoms with Gasteiger partial charge in [-0.3, -0.25) is 0 Å². The van der Waals surface area contributed by atoms with Crippen LogP contribution < -0.4 is 0 Å². The Labute approximate surface area is 81.1 Å². The van der Waals surface area contributed by atoms with Crippen molar-refractivity contribution in [2.24, 2.45) is 0 Å². The van der Waals surface area contributed by atoms with E-state index in [2.05, 4.69) is 54.6 Å². The molecule has 1 heteroatoms. The molecule has 0 spiro atoms. The molecule has 0 heterocycles. The minimum atomic E-state index is 0.678. The minimum absolute atomic E-state index is 0.678. The van der Waals surface area contributed by atoms with Gasteiger partial charge in [0.15, 0.2) is 0 Å². The Kier molecular flexibility index (Phi) is 1.71. The Morgan fingerprint density at radius 1 is 1.18 bits per heavy atom. The molecule has 0 aliphatic heterocycles. The lowest BCUT2D eigenvalue weighted by Gasteiger charge is -2.25. The number of alkyl halides is 1. The molecule has 1 aromatic carbocycles. The predicted octanol–water partition coefficient (Wildman–Crippen LogP) is 3.65. The van der Waals surface area contributed by atoms with E-state index in [9.17, 15) is 0 Å². The van der Waals surface area contributed by atoms with E-state index in [-0.39, 0.29) is 0 Å². The van der Waals surface area contributed by atoms with Crippen LogP contribution in [-0.2, 0) is 0 Å². The van der Waals surface area contributed by atoms with Gasteiger partial charge >= 0.3 is 0 Å². The van der Waals surface area contributed by atoms with Crippen molar-refractivity contribution in [1.82, 2.24) is 0 Å². The lowest BCUT2D eigenvalue weighted by atomic mass is 9.87. The molecule has 2 aliphatic rings. The number of hydrogen-bond acceptors (Lipinski definition) is 0. The molecular weight excluding hydrogens is 247 g/mol. The molecule has 0 aromatic heterocycles. The normalized spacial score (nSPS) is 15.3. The van der Waals surface area contributed by atoms with Crippen LogP contribution in [0.4, 0.5) is 0 Å². The summed E-state index contributed by atoms with van der Waals surface area (Å²) < 4.78 is 0.690. The molecule has 2 bridgehead atoms. The summed E-state index contributed by atoms with van der Waals surface area (Å²) in [4.78, 5) is 0. The van der Waals surface area contributed by atoms with E-state index in [0.717, 1.165) is 0 Å². The summed E-state index contributed by atoms with van der Waals surface area (Å²) in [5.74, 6) is 0.678. The van der Waals surface area contributed by atoms with E-state index >= 15 is 0 Å². The minimum Gasteiger partial charge on any atom is -0.0722 e. The molecule has 1 aromatic rings. The topological polar surface area (TPSA) is 0 Å². The third kappa shape index (κ3) is 1.10. The Hall–Kier alpha value is -0.0500. The standard InChI is InChI=1S/C10H11I/c1-6(2)7-3-8-5-9(4-7)10(8)11/h3-6,10H,1-2H3. The number of fused-ring (bicyclic) bond motifs is 2. The van der Waals surface area contributed by atoms with Gasteiger partial charge in [-0.25, -0.2) is 0 Å². The fourth-order valence-electron chi connectivity index (χ4n) is 1.42. The van der Waals surface area contributed by atoms with Crippen LogP contribution in [0.3, 0.4) is 0 Å². The highest BCUT2D eigenvalue weighted by Gasteiger charge is 2.22. The number of hydrogen-bond donors (Lipinski definition) is 0. The van der Waals surface area contributed by atoms with Crippen LogP contribution in [0.2, 0.25) is 0 Å². The molecule has 0 nitrogen and oxygen atoms in total. The van der Waals surface area contributed by atoms with Gasteiger partial charge in [-0.1, -0.05) is 54.6 Å². The van der Waals surface area contributed by atoms with Gasteiger partial charge in [0.25, 0.3) is 0 Å². The highest BCUT2D eigenvalue weighted by Crippen LogP contribution is 2.42. The molecule has 0 N–H and O–H groups in total. The van der Waals surface area contributed by atoms with Crippen molar-refractivity contribution in [3.05, 3.63) is 34.9 Å². The maximum Gasteiger partial charge on any atom is 0.0608 e. The van der Waals surface area contributed by atoms with Gasteiger partial charge in [0.05, 0.1) is 3.92 Å². The molecule has 0 saturated heterocycles. The third-order valence-corrected chi connectivity index (χ3v) is 3.69. The number of benzene rings is 1. The zero-order valence-corrected chi connectivity index (χ0v) is 8.92. The molecular formula is C10H11I. The van der Waals surface area contributed by atoms with Crippen LogP contribution in [0.15, 0.2) is 18.2 Å². The van der Waals surface area contributed by atoms with Gasteiger partial charge in [-0.15, -0.1) is 0 Å². The van der Waals surface area contributed by atoms with Crippen molar-refractivity contribution in [3.8, 4) is 0 Å². The van der Waals surface area contributed by atoms with E-state index in [1.54, 1.807) is 0 Å². The molecule has 2 aliphatic carbocycles. The molecule has 0 amide bonds. The van der Waals surface area contributed by atoms with Crippen LogP contribution >= 0.6 is 22.6 Å². The molecule has 0 unspecified atom stereocenters. The number of halogens is 1. The Balaban J connectivity index is 2.40. The summed E-state index contributed by atoms with van der Waals surface area (Å²) in [5.41, 5.74) is 4.50. The van der Waals surface area contributed by atoms with E-state index in [4.69, 9.17) is 0 Å². The van der Waals surface area contributed by atoms with Crippen molar-refractivity contribution in [1.29, 1.82) is 0 Å². The lowest BCUT2D eigenvalue weighted by molar-refractivity contribution is 0.850. The Morgan fingerprint density at radius 2 is 1.73 bits per heavy atom. The van der Waals surface area contributed by atoms with Crippen molar-refractivity contribution in [2.45, 2.75) is 23.7 Å². The van der Waals surface area contributed by atoms with Crippen molar-refractivity contribution >= 4 is 22.6 Å². The van der Waals surface area contributed by atoms with Gasteiger partial charge < -0.3 is 0 Å². The smallest absolute Gasteiger partial charge is 0.0608 e. The fraction of sp³-hybridized carbons (Fsp3) is 0.400. The van der Waals surface area contributed by atoms with Crippen LogP contribution in [0, 0.1) is 0 Å². The lowest BCUT2D eigenvalue weighted by Crippen LogP contribution is -2.06. The fourth-order valence-corrected chi connectivity index (χ4v) is 2.14. The second-order valence-electron chi connectivity index (χ2n) is 3.45. The first kappa shape index (κ1) is 7.59. The molecule has 0 atom stereocenters. The average Bonchev–Trinajstić information content (AvgIpc) is 2.03. The first-order valence-electron chi connectivity index (χ1n) is 3.97. The maximum absolute atomic E-state index is 2.48. The molecule has 58 valence electrons. The Morgan fingerprint density at radius 3 is 2.09 bits per heavy atom. The monoisotopic (exact) mass is 258 g/mol. The van der Waals surface area contributed by atoms with Gasteiger partial charge in [-0.05, 0) is 22.6 Å². The van der Waals surface area contributed by atoms with Crippen LogP contribution in [0.25, 0.3) is 0 Å². The van der Waals surface area contributed by atoms with Gasteiger partial charge in [0, 0.05) is 0 Å². The maximum atomic E-state index is 2.48. The van der Waals surface area contributed by atoms with Gasteiger partial charge in [0.2, 0.25) is 0 Å². The predicted molar refractivity (Wildman–Crippen MR) is 56.4 cm³/mol. The van der Waals surface area contributed by atoms with E-state index in [1.807, 2.05) is 0 Å². The molecule has 0 saturated carbocycles. The summed E-state index contributed by atoms with van der Waals surface area (Å²) in [7, 11) is 0. The average molecular weight is 258 g/mol. The Bertz CT molecular complexity index is 267. The second-order valence-corrected chi connectivity index (χ2v) is 4.70. The first-order chi connectivity index (χ1) is 5.18. The zero-order chi connectivity index (χ0) is 8.01. The summed E-state index contributed by atoms with van der Waals surface area (Å²) in [5, 5.41) is 0. The largest absolute Gasteiger partial charge is 0.0722 e. The van der Waals surface area contributed by atoms with Crippen molar-refractivity contribution in [2.75, 3.05) is 0 Å². The molecule has 0 radical (unpaired) electrons. The number of rotatable bonds is 1. The summed E-state index contributed by atoms with van der Waals surface area (Å²) >= 11 is 2.48.